The molecule has 17 heavy (non-hydrogen) atoms. The monoisotopic (exact) mass is 248 g/mol. The van der Waals surface area contributed by atoms with E-state index in [1.54, 1.807) is 13.8 Å². The third-order valence-electron chi connectivity index (χ3n) is 1.10. The number of carbonyl (C=O) groups is 3. The molecule has 0 unspecified atom stereocenters. The molecule has 2 N–H and O–H groups in total. The normalized spacial score (nSPS) is 9.71. The Labute approximate surface area is 98.6 Å². The Morgan fingerprint density at radius 3 is 1.88 bits per heavy atom. The van der Waals surface area contributed by atoms with Crippen LogP contribution in [-0.4, -0.2) is 41.3 Å². The van der Waals surface area contributed by atoms with Crippen LogP contribution in [0.25, 0.3) is 0 Å². The third-order valence-corrected chi connectivity index (χ3v) is 1.10. The molecule has 7 nitrogen and oxygen atoms in total. The fourth-order valence-electron chi connectivity index (χ4n) is 0.607. The Hall–Kier alpha value is -2.05. The summed E-state index contributed by atoms with van der Waals surface area (Å²) in [7, 11) is 0. The van der Waals surface area contributed by atoms with Gasteiger partial charge in [0.1, 0.15) is 5.76 Å². The van der Waals surface area contributed by atoms with Gasteiger partial charge in [-0.1, -0.05) is 0 Å². The van der Waals surface area contributed by atoms with Gasteiger partial charge in [-0.3, -0.25) is 4.79 Å². The fraction of sp³-hybridized carbons (Fsp3) is 0.500. The standard InChI is InChI=1S/C6H10O3.C4H6O4/c1-3-9-5(2)4-6(7)8;1-3(5)8-2-4(6)7/h4H,3H2,1-2H3,(H,7,8);2H2,1H3,(H,6,7). The molecule has 0 spiro atoms. The largest absolute Gasteiger partial charge is 0.498 e. The van der Waals surface area contributed by atoms with E-state index in [2.05, 4.69) is 4.74 Å². The van der Waals surface area contributed by atoms with E-state index in [1.807, 2.05) is 0 Å². The predicted molar refractivity (Wildman–Crippen MR) is 57.3 cm³/mol. The summed E-state index contributed by atoms with van der Waals surface area (Å²) < 4.78 is 8.90. The highest BCUT2D eigenvalue weighted by Crippen LogP contribution is 1.92. The molecule has 7 heteroatoms. The van der Waals surface area contributed by atoms with Crippen molar-refractivity contribution in [3.63, 3.8) is 0 Å². The summed E-state index contributed by atoms with van der Waals surface area (Å²) in [6.45, 7) is 4.53. The van der Waals surface area contributed by atoms with Crippen molar-refractivity contribution in [3.8, 4) is 0 Å². The van der Waals surface area contributed by atoms with Crippen molar-refractivity contribution in [2.45, 2.75) is 20.8 Å². The van der Waals surface area contributed by atoms with Crippen LogP contribution in [0.1, 0.15) is 20.8 Å². The van der Waals surface area contributed by atoms with Crippen LogP contribution in [0.2, 0.25) is 0 Å². The van der Waals surface area contributed by atoms with Crippen molar-refractivity contribution in [3.05, 3.63) is 11.8 Å². The van der Waals surface area contributed by atoms with Gasteiger partial charge in [0.25, 0.3) is 0 Å². The van der Waals surface area contributed by atoms with Crippen LogP contribution >= 0.6 is 0 Å². The van der Waals surface area contributed by atoms with E-state index in [9.17, 15) is 14.4 Å². The van der Waals surface area contributed by atoms with Gasteiger partial charge in [0.2, 0.25) is 0 Å². The Balaban J connectivity index is 0. The van der Waals surface area contributed by atoms with Crippen LogP contribution in [0.15, 0.2) is 11.8 Å². The van der Waals surface area contributed by atoms with E-state index in [0.717, 1.165) is 13.0 Å². The number of ether oxygens (including phenoxy) is 2. The lowest BCUT2D eigenvalue weighted by atomic mass is 10.5. The Morgan fingerprint density at radius 2 is 1.65 bits per heavy atom. The summed E-state index contributed by atoms with van der Waals surface area (Å²) in [5.74, 6) is -2.25. The predicted octanol–water partition coefficient (Wildman–Crippen LogP) is 0.645. The van der Waals surface area contributed by atoms with Crippen LogP contribution in [0.5, 0.6) is 0 Å². The highest BCUT2D eigenvalue weighted by molar-refractivity contribution is 5.80. The first-order valence-electron chi connectivity index (χ1n) is 4.68. The second-order valence-electron chi connectivity index (χ2n) is 2.70. The Kier molecular flexibility index (Phi) is 10.7. The molecule has 0 aromatic rings. The number of hydrogen-bond acceptors (Lipinski definition) is 5. The maximum Gasteiger partial charge on any atom is 0.341 e. The van der Waals surface area contributed by atoms with E-state index in [-0.39, 0.29) is 0 Å². The number of rotatable bonds is 5. The average Bonchev–Trinajstić information content (AvgIpc) is 2.14. The molecule has 0 bridgehead atoms. The number of carbonyl (C=O) groups excluding carboxylic acids is 1. The summed E-state index contributed by atoms with van der Waals surface area (Å²) in [5, 5.41) is 16.0. The quantitative estimate of drug-likeness (QED) is 0.417. The van der Waals surface area contributed by atoms with Crippen LogP contribution in [0, 0.1) is 0 Å². The van der Waals surface area contributed by atoms with Gasteiger partial charge < -0.3 is 19.7 Å². The molecule has 0 aromatic heterocycles. The van der Waals surface area contributed by atoms with E-state index < -0.39 is 24.5 Å². The molecule has 0 aromatic carbocycles. The minimum atomic E-state index is -1.14. The molecule has 0 heterocycles. The zero-order chi connectivity index (χ0) is 13.8. The van der Waals surface area contributed by atoms with Gasteiger partial charge in [-0.2, -0.15) is 0 Å². The minimum Gasteiger partial charge on any atom is -0.498 e. The van der Waals surface area contributed by atoms with Gasteiger partial charge in [0.15, 0.2) is 6.61 Å². The highest BCUT2D eigenvalue weighted by atomic mass is 16.5. The summed E-state index contributed by atoms with van der Waals surface area (Å²) in [5.41, 5.74) is 0. The molecule has 0 saturated heterocycles. The molecule has 0 saturated carbocycles. The third kappa shape index (κ3) is 20.1. The van der Waals surface area contributed by atoms with Gasteiger partial charge in [-0.05, 0) is 13.8 Å². The van der Waals surface area contributed by atoms with Crippen molar-refractivity contribution >= 4 is 17.9 Å². The van der Waals surface area contributed by atoms with Crippen molar-refractivity contribution in [2.24, 2.45) is 0 Å². The second-order valence-corrected chi connectivity index (χ2v) is 2.70. The Bertz CT molecular complexity index is 279. The molecule has 0 fully saturated rings. The number of carboxylic acid groups (broad SMARTS) is 2. The smallest absolute Gasteiger partial charge is 0.341 e. The lowest BCUT2D eigenvalue weighted by Gasteiger charge is -1.98. The zero-order valence-electron chi connectivity index (χ0n) is 9.93. The van der Waals surface area contributed by atoms with E-state index >= 15 is 0 Å². The van der Waals surface area contributed by atoms with Crippen molar-refractivity contribution in [2.75, 3.05) is 13.2 Å². The molecular formula is C10H16O7. The van der Waals surface area contributed by atoms with Crippen LogP contribution in [0.4, 0.5) is 0 Å². The second kappa shape index (κ2) is 10.5. The number of hydrogen-bond donors (Lipinski definition) is 2. The van der Waals surface area contributed by atoms with Crippen molar-refractivity contribution < 1.29 is 34.1 Å². The highest BCUT2D eigenvalue weighted by Gasteiger charge is 1.97. The minimum absolute atomic E-state index is 0.435. The number of carboxylic acids is 2. The molecule has 0 aliphatic heterocycles. The number of allylic oxidation sites excluding steroid dienone is 1. The zero-order valence-corrected chi connectivity index (χ0v) is 9.93. The maximum atomic E-state index is 9.93. The topological polar surface area (TPSA) is 110 Å². The summed E-state index contributed by atoms with van der Waals surface area (Å²) in [6, 6.07) is 0. The molecule has 0 atom stereocenters. The summed E-state index contributed by atoms with van der Waals surface area (Å²) >= 11 is 0. The van der Waals surface area contributed by atoms with Crippen molar-refractivity contribution in [1.82, 2.24) is 0 Å². The molecule has 98 valence electrons. The molecular weight excluding hydrogens is 232 g/mol. The SMILES string of the molecule is CC(=O)OCC(=O)O.CCOC(C)=CC(=O)O. The summed E-state index contributed by atoms with van der Waals surface area (Å²) in [4.78, 5) is 29.4. The fourth-order valence-corrected chi connectivity index (χ4v) is 0.607. The Morgan fingerprint density at radius 1 is 1.12 bits per heavy atom. The van der Waals surface area contributed by atoms with Crippen molar-refractivity contribution in [1.29, 1.82) is 0 Å². The van der Waals surface area contributed by atoms with Gasteiger partial charge >= 0.3 is 17.9 Å². The molecule has 0 amide bonds. The van der Waals surface area contributed by atoms with Gasteiger partial charge in [0.05, 0.1) is 12.7 Å². The molecule has 0 aliphatic rings. The molecule has 0 radical (unpaired) electrons. The van der Waals surface area contributed by atoms with E-state index in [4.69, 9.17) is 14.9 Å². The molecule has 0 aliphatic carbocycles. The first-order chi connectivity index (χ1) is 7.79. The van der Waals surface area contributed by atoms with Gasteiger partial charge in [-0.25, -0.2) is 9.59 Å². The summed E-state index contributed by atoms with van der Waals surface area (Å²) in [6.07, 6.45) is 1.03. The number of esters is 1. The lowest BCUT2D eigenvalue weighted by molar-refractivity contribution is -0.153. The first kappa shape index (κ1) is 17.3. The van der Waals surface area contributed by atoms with E-state index in [0.29, 0.717) is 12.4 Å². The molecule has 0 rings (SSSR count). The average molecular weight is 248 g/mol. The first-order valence-corrected chi connectivity index (χ1v) is 4.68. The van der Waals surface area contributed by atoms with Crippen LogP contribution in [-0.2, 0) is 23.9 Å². The lowest BCUT2D eigenvalue weighted by Crippen LogP contribution is -2.09. The van der Waals surface area contributed by atoms with Crippen LogP contribution < -0.4 is 0 Å². The van der Waals surface area contributed by atoms with Gasteiger partial charge in [0, 0.05) is 6.92 Å². The van der Waals surface area contributed by atoms with Crippen LogP contribution in [0.3, 0.4) is 0 Å². The van der Waals surface area contributed by atoms with E-state index in [1.165, 1.54) is 0 Å². The van der Waals surface area contributed by atoms with Gasteiger partial charge in [-0.15, -0.1) is 0 Å². The number of aliphatic carboxylic acids is 2. The maximum absolute atomic E-state index is 9.93.